The average Bonchev–Trinajstić information content (AvgIpc) is 3.27. The summed E-state index contributed by atoms with van der Waals surface area (Å²) in [6.07, 6.45) is 1.21. The molecule has 2 heterocycles. The van der Waals surface area contributed by atoms with E-state index in [1.54, 1.807) is 53.9 Å². The van der Waals surface area contributed by atoms with Crippen LogP contribution in [0, 0.1) is 0 Å². The Balaban J connectivity index is 1.73. The summed E-state index contributed by atoms with van der Waals surface area (Å²) >= 11 is 7.15. The van der Waals surface area contributed by atoms with Crippen molar-refractivity contribution >= 4 is 50.1 Å². The maximum Gasteiger partial charge on any atom is 0.270 e. The number of nitrogens with zero attached hydrogens (tertiary/aromatic N) is 1. The maximum absolute atomic E-state index is 13.4. The fraction of sp³-hybridized carbons (Fsp3) is 0.136. The van der Waals surface area contributed by atoms with Crippen molar-refractivity contribution in [2.75, 3.05) is 23.8 Å². The van der Waals surface area contributed by atoms with Crippen LogP contribution in [0.25, 0.3) is 0 Å². The number of ether oxygens (including phenoxy) is 2. The number of ketones is 1. The summed E-state index contributed by atoms with van der Waals surface area (Å²) in [7, 11) is -1.09. The molecule has 0 radical (unpaired) electrons. The molecule has 4 rings (SSSR count). The molecule has 0 saturated heterocycles. The summed E-state index contributed by atoms with van der Waals surface area (Å²) in [6.45, 7) is 0.0703. The first kappa shape index (κ1) is 22.2. The van der Waals surface area contributed by atoms with Crippen molar-refractivity contribution < 1.29 is 22.7 Å². The van der Waals surface area contributed by atoms with Gasteiger partial charge in [-0.3, -0.25) is 9.10 Å². The molecule has 7 nitrogen and oxygen atoms in total. The molecule has 0 unspecified atom stereocenters. The van der Waals surface area contributed by atoms with Gasteiger partial charge in [-0.2, -0.15) is 0 Å². The Morgan fingerprint density at radius 2 is 1.72 bits per heavy atom. The molecule has 0 aliphatic carbocycles. The molecule has 0 atom stereocenters. The fourth-order valence-electron chi connectivity index (χ4n) is 3.25. The predicted octanol–water partition coefficient (Wildman–Crippen LogP) is 4.90. The number of Topliss-reactive ketones (excluding diaryl/α,β-unsaturated/α-hetero) is 1. The van der Waals surface area contributed by atoms with E-state index in [0.29, 0.717) is 32.8 Å². The molecule has 0 fully saturated rings. The van der Waals surface area contributed by atoms with E-state index in [2.05, 4.69) is 5.32 Å². The number of anilines is 2. The normalized spacial score (nSPS) is 16.0. The molecule has 1 N–H and O–H groups in total. The topological polar surface area (TPSA) is 84.9 Å². The number of benzene rings is 2. The Kier molecular flexibility index (Phi) is 6.14. The van der Waals surface area contributed by atoms with Gasteiger partial charge < -0.3 is 14.8 Å². The summed E-state index contributed by atoms with van der Waals surface area (Å²) in [4.78, 5) is 13.1. The highest BCUT2D eigenvalue weighted by atomic mass is 35.5. The lowest BCUT2D eigenvalue weighted by molar-refractivity contribution is 0.104. The second-order valence-electron chi connectivity index (χ2n) is 6.86. The number of nitrogens with one attached hydrogen (secondary N) is 1. The van der Waals surface area contributed by atoms with Crippen molar-refractivity contribution in [1.29, 1.82) is 0 Å². The molecule has 3 aromatic rings. The van der Waals surface area contributed by atoms with Gasteiger partial charge in [0.15, 0.2) is 4.91 Å². The van der Waals surface area contributed by atoms with Crippen LogP contribution in [0.4, 0.5) is 11.4 Å². The number of allylic oxidation sites excluding steroid dienone is 1. The highest BCUT2D eigenvalue weighted by Crippen LogP contribution is 2.39. The first-order valence-electron chi connectivity index (χ1n) is 9.42. The second kappa shape index (κ2) is 8.85. The van der Waals surface area contributed by atoms with Crippen LogP contribution in [0.5, 0.6) is 11.5 Å². The van der Waals surface area contributed by atoms with Crippen LogP contribution in [-0.4, -0.2) is 28.4 Å². The third-order valence-electron chi connectivity index (χ3n) is 4.87. The Bertz CT molecular complexity index is 1280. The van der Waals surface area contributed by atoms with Crippen molar-refractivity contribution in [3.8, 4) is 11.5 Å². The minimum Gasteiger partial charge on any atom is -0.497 e. The first-order chi connectivity index (χ1) is 15.3. The SMILES string of the molecule is COc1cc(NC=C2C(=O)c3sccc3N(Cc3ccc(Cl)cc3)S2(=O)=O)cc(OC)c1. The van der Waals surface area contributed by atoms with Gasteiger partial charge in [0.05, 0.1) is 26.5 Å². The third-order valence-corrected chi connectivity index (χ3v) is 7.79. The van der Waals surface area contributed by atoms with Gasteiger partial charge in [-0.25, -0.2) is 8.42 Å². The lowest BCUT2D eigenvalue weighted by Gasteiger charge is -2.29. The van der Waals surface area contributed by atoms with Crippen molar-refractivity contribution in [1.82, 2.24) is 0 Å². The molecule has 0 bridgehead atoms. The quantitative estimate of drug-likeness (QED) is 0.494. The van der Waals surface area contributed by atoms with Gasteiger partial charge in [0.2, 0.25) is 5.78 Å². The second-order valence-corrected chi connectivity index (χ2v) is 10.0. The summed E-state index contributed by atoms with van der Waals surface area (Å²) in [5, 5.41) is 5.16. The number of carbonyl (C=O) groups is 1. The van der Waals surface area contributed by atoms with E-state index in [1.807, 2.05) is 0 Å². The summed E-state index contributed by atoms with van der Waals surface area (Å²) in [5.74, 6) is 0.491. The zero-order valence-corrected chi connectivity index (χ0v) is 19.6. The number of hydrogen-bond donors (Lipinski definition) is 1. The van der Waals surface area contributed by atoms with Crippen LogP contribution in [0.2, 0.25) is 5.02 Å². The van der Waals surface area contributed by atoms with Crippen molar-refractivity contribution in [3.63, 3.8) is 0 Å². The maximum atomic E-state index is 13.4. The highest BCUT2D eigenvalue weighted by molar-refractivity contribution is 7.97. The van der Waals surface area contributed by atoms with Crippen LogP contribution in [0.3, 0.4) is 0 Å². The smallest absolute Gasteiger partial charge is 0.270 e. The first-order valence-corrected chi connectivity index (χ1v) is 12.1. The van der Waals surface area contributed by atoms with Gasteiger partial charge >= 0.3 is 0 Å². The molecule has 1 aliphatic rings. The molecule has 0 saturated carbocycles. The predicted molar refractivity (Wildman–Crippen MR) is 126 cm³/mol. The van der Waals surface area contributed by atoms with Gasteiger partial charge in [0.25, 0.3) is 10.0 Å². The zero-order valence-electron chi connectivity index (χ0n) is 17.2. The number of fused-ring (bicyclic) bond motifs is 1. The Morgan fingerprint density at radius 1 is 1.06 bits per heavy atom. The molecule has 166 valence electrons. The monoisotopic (exact) mass is 490 g/mol. The standard InChI is InChI=1S/C22H19ClN2O5S2/c1-29-17-9-16(10-18(11-17)30-2)24-12-20-21(26)22-19(7-8-31-22)25(32(20,27)28)13-14-3-5-15(23)6-4-14/h3-12,24H,13H2,1-2H3. The Hall–Kier alpha value is -3.01. The molecule has 2 aromatic carbocycles. The molecule has 0 amide bonds. The van der Waals surface area contributed by atoms with Gasteiger partial charge in [-0.15, -0.1) is 11.3 Å². The fourth-order valence-corrected chi connectivity index (χ4v) is 5.86. The Morgan fingerprint density at radius 3 is 2.34 bits per heavy atom. The van der Waals surface area contributed by atoms with Crippen molar-refractivity contribution in [2.24, 2.45) is 0 Å². The van der Waals surface area contributed by atoms with Gasteiger partial charge in [-0.05, 0) is 29.1 Å². The molecule has 0 spiro atoms. The summed E-state index contributed by atoms with van der Waals surface area (Å²) in [6, 6.07) is 13.6. The number of thiophene rings is 1. The van der Waals surface area contributed by atoms with Gasteiger partial charge in [-0.1, -0.05) is 23.7 Å². The summed E-state index contributed by atoms with van der Waals surface area (Å²) in [5.41, 5.74) is 1.63. The largest absolute Gasteiger partial charge is 0.497 e. The van der Waals surface area contributed by atoms with Crippen LogP contribution >= 0.6 is 22.9 Å². The van der Waals surface area contributed by atoms with E-state index in [-0.39, 0.29) is 11.4 Å². The number of methoxy groups -OCH3 is 2. The number of rotatable bonds is 6. The van der Waals surface area contributed by atoms with Crippen LogP contribution in [-0.2, 0) is 16.6 Å². The zero-order chi connectivity index (χ0) is 22.9. The average molecular weight is 491 g/mol. The van der Waals surface area contributed by atoms with Crippen LogP contribution in [0.1, 0.15) is 15.2 Å². The van der Waals surface area contributed by atoms with E-state index in [0.717, 1.165) is 5.56 Å². The lowest BCUT2D eigenvalue weighted by atomic mass is 10.2. The summed E-state index contributed by atoms with van der Waals surface area (Å²) < 4.78 is 38.6. The third kappa shape index (κ3) is 4.19. The van der Waals surface area contributed by atoms with E-state index in [1.165, 1.54) is 36.1 Å². The van der Waals surface area contributed by atoms with E-state index in [9.17, 15) is 13.2 Å². The molecule has 1 aliphatic heterocycles. The van der Waals surface area contributed by atoms with Crippen molar-refractivity contribution in [2.45, 2.75) is 6.54 Å². The molecular weight excluding hydrogens is 472 g/mol. The lowest BCUT2D eigenvalue weighted by Crippen LogP contribution is -2.38. The van der Waals surface area contributed by atoms with Gasteiger partial charge in [0, 0.05) is 35.1 Å². The molecular formula is C22H19ClN2O5S2. The number of sulfonamides is 1. The molecule has 1 aromatic heterocycles. The Labute approximate surface area is 194 Å². The molecule has 32 heavy (non-hydrogen) atoms. The van der Waals surface area contributed by atoms with Crippen LogP contribution in [0.15, 0.2) is 65.0 Å². The van der Waals surface area contributed by atoms with E-state index >= 15 is 0 Å². The van der Waals surface area contributed by atoms with Crippen LogP contribution < -0.4 is 19.1 Å². The minimum atomic E-state index is -4.11. The minimum absolute atomic E-state index is 0.0703. The number of halogens is 1. The van der Waals surface area contributed by atoms with Gasteiger partial charge in [0.1, 0.15) is 16.4 Å². The number of carbonyl (C=O) groups excluding carboxylic acids is 1. The highest BCUT2D eigenvalue weighted by Gasteiger charge is 2.41. The number of hydrogen-bond acceptors (Lipinski definition) is 7. The van der Waals surface area contributed by atoms with Crippen molar-refractivity contribution in [3.05, 3.63) is 80.5 Å². The molecule has 10 heteroatoms. The van der Waals surface area contributed by atoms with E-state index < -0.39 is 15.8 Å². The van der Waals surface area contributed by atoms with E-state index in [4.69, 9.17) is 21.1 Å².